The standard InChI is InChI=1S/C15H18Cl2N2O2/c1-21-14-7-13(17)12(16)6-11(14)15(20)19-10-4-8-2-3-9(5-10)18-8/h6-10,18H,2-5H2,1H3,(H,19,20). The summed E-state index contributed by atoms with van der Waals surface area (Å²) in [5.74, 6) is 0.288. The number of methoxy groups -OCH3 is 1. The maximum absolute atomic E-state index is 12.5. The van der Waals surface area contributed by atoms with Gasteiger partial charge >= 0.3 is 0 Å². The lowest BCUT2D eigenvalue weighted by Gasteiger charge is -2.29. The monoisotopic (exact) mass is 328 g/mol. The molecule has 2 atom stereocenters. The highest BCUT2D eigenvalue weighted by Gasteiger charge is 2.34. The van der Waals surface area contributed by atoms with Gasteiger partial charge in [-0.05, 0) is 31.7 Å². The Morgan fingerprint density at radius 1 is 1.24 bits per heavy atom. The third kappa shape index (κ3) is 3.12. The lowest BCUT2D eigenvalue weighted by Crippen LogP contribution is -2.48. The molecule has 6 heteroatoms. The van der Waals surface area contributed by atoms with Gasteiger partial charge in [0.1, 0.15) is 5.75 Å². The molecule has 2 aliphatic heterocycles. The second kappa shape index (κ2) is 6.03. The van der Waals surface area contributed by atoms with Gasteiger partial charge in [-0.3, -0.25) is 4.79 Å². The predicted octanol–water partition coefficient (Wildman–Crippen LogP) is 3.01. The molecule has 114 valence electrons. The first kappa shape index (κ1) is 14.9. The topological polar surface area (TPSA) is 50.4 Å². The van der Waals surface area contributed by atoms with Crippen LogP contribution < -0.4 is 15.4 Å². The molecule has 0 aromatic heterocycles. The molecule has 0 radical (unpaired) electrons. The third-order valence-electron chi connectivity index (χ3n) is 4.30. The van der Waals surface area contributed by atoms with E-state index in [0.717, 1.165) is 12.8 Å². The molecule has 1 aromatic rings. The summed E-state index contributed by atoms with van der Waals surface area (Å²) in [6, 6.07) is 4.41. The zero-order valence-electron chi connectivity index (χ0n) is 11.8. The van der Waals surface area contributed by atoms with Gasteiger partial charge in [-0.15, -0.1) is 0 Å². The second-order valence-electron chi connectivity index (χ2n) is 5.75. The van der Waals surface area contributed by atoms with Crippen LogP contribution >= 0.6 is 23.2 Å². The number of amides is 1. The van der Waals surface area contributed by atoms with Crippen LogP contribution in [0.15, 0.2) is 12.1 Å². The van der Waals surface area contributed by atoms with E-state index in [0.29, 0.717) is 33.4 Å². The van der Waals surface area contributed by atoms with E-state index in [1.54, 1.807) is 12.1 Å². The maximum atomic E-state index is 12.5. The van der Waals surface area contributed by atoms with Crippen molar-refractivity contribution in [3.05, 3.63) is 27.7 Å². The van der Waals surface area contributed by atoms with E-state index in [-0.39, 0.29) is 11.9 Å². The normalized spacial score (nSPS) is 27.5. The van der Waals surface area contributed by atoms with Crippen LogP contribution in [0, 0.1) is 0 Å². The number of hydrogen-bond donors (Lipinski definition) is 2. The summed E-state index contributed by atoms with van der Waals surface area (Å²) in [5.41, 5.74) is 0.428. The van der Waals surface area contributed by atoms with Crippen molar-refractivity contribution < 1.29 is 9.53 Å². The van der Waals surface area contributed by atoms with E-state index in [1.807, 2.05) is 0 Å². The van der Waals surface area contributed by atoms with Crippen LogP contribution in [0.5, 0.6) is 5.75 Å². The van der Waals surface area contributed by atoms with E-state index in [4.69, 9.17) is 27.9 Å². The minimum atomic E-state index is -0.156. The molecular weight excluding hydrogens is 311 g/mol. The van der Waals surface area contributed by atoms with E-state index >= 15 is 0 Å². The van der Waals surface area contributed by atoms with Crippen molar-refractivity contribution in [3.8, 4) is 5.75 Å². The number of benzene rings is 1. The van der Waals surface area contributed by atoms with Crippen LogP contribution in [0.1, 0.15) is 36.0 Å². The highest BCUT2D eigenvalue weighted by Crippen LogP contribution is 2.31. The van der Waals surface area contributed by atoms with Gasteiger partial charge in [0.25, 0.3) is 5.91 Å². The van der Waals surface area contributed by atoms with Crippen molar-refractivity contribution in [2.75, 3.05) is 7.11 Å². The van der Waals surface area contributed by atoms with Crippen LogP contribution in [-0.2, 0) is 0 Å². The highest BCUT2D eigenvalue weighted by atomic mass is 35.5. The molecule has 2 fully saturated rings. The van der Waals surface area contributed by atoms with Gasteiger partial charge in [0, 0.05) is 24.2 Å². The first-order valence-corrected chi connectivity index (χ1v) is 7.92. The summed E-state index contributed by atoms with van der Waals surface area (Å²) in [5, 5.41) is 7.39. The van der Waals surface area contributed by atoms with Crippen molar-refractivity contribution >= 4 is 29.1 Å². The summed E-state index contributed by atoms with van der Waals surface area (Å²) in [7, 11) is 1.51. The van der Waals surface area contributed by atoms with E-state index < -0.39 is 0 Å². The zero-order chi connectivity index (χ0) is 15.0. The molecule has 1 aromatic carbocycles. The van der Waals surface area contributed by atoms with Crippen LogP contribution in [0.4, 0.5) is 0 Å². The molecule has 21 heavy (non-hydrogen) atoms. The van der Waals surface area contributed by atoms with Crippen molar-refractivity contribution in [2.45, 2.75) is 43.8 Å². The van der Waals surface area contributed by atoms with Crippen molar-refractivity contribution in [2.24, 2.45) is 0 Å². The average molecular weight is 329 g/mol. The lowest BCUT2D eigenvalue weighted by atomic mass is 9.99. The molecule has 2 aliphatic rings. The summed E-state index contributed by atoms with van der Waals surface area (Å²) in [6.07, 6.45) is 4.36. The molecule has 3 rings (SSSR count). The smallest absolute Gasteiger partial charge is 0.255 e. The molecule has 4 nitrogen and oxygen atoms in total. The van der Waals surface area contributed by atoms with Crippen molar-refractivity contribution in [1.82, 2.24) is 10.6 Å². The maximum Gasteiger partial charge on any atom is 0.255 e. The van der Waals surface area contributed by atoms with Crippen molar-refractivity contribution in [3.63, 3.8) is 0 Å². The van der Waals surface area contributed by atoms with Crippen LogP contribution in [0.25, 0.3) is 0 Å². The highest BCUT2D eigenvalue weighted by molar-refractivity contribution is 6.42. The number of fused-ring (bicyclic) bond motifs is 2. The predicted molar refractivity (Wildman–Crippen MR) is 83.4 cm³/mol. The van der Waals surface area contributed by atoms with Crippen molar-refractivity contribution in [1.29, 1.82) is 0 Å². The molecule has 0 aliphatic carbocycles. The summed E-state index contributed by atoms with van der Waals surface area (Å²) >= 11 is 12.0. The molecule has 2 saturated heterocycles. The number of piperidine rings is 1. The van der Waals surface area contributed by atoms with Gasteiger partial charge in [-0.1, -0.05) is 23.2 Å². The summed E-state index contributed by atoms with van der Waals surface area (Å²) in [4.78, 5) is 12.5. The van der Waals surface area contributed by atoms with Gasteiger partial charge in [0.05, 0.1) is 22.7 Å². The number of carbonyl (C=O) groups excluding carboxylic acids is 1. The fourth-order valence-electron chi connectivity index (χ4n) is 3.31. The number of ether oxygens (including phenoxy) is 1. The summed E-state index contributed by atoms with van der Waals surface area (Å²) < 4.78 is 5.23. The Bertz CT molecular complexity index is 553. The second-order valence-corrected chi connectivity index (χ2v) is 6.56. The Labute approximate surface area is 134 Å². The van der Waals surface area contributed by atoms with Gasteiger partial charge in [0.15, 0.2) is 0 Å². The number of carbonyl (C=O) groups is 1. The molecular formula is C15H18Cl2N2O2. The Morgan fingerprint density at radius 2 is 1.86 bits per heavy atom. The van der Waals surface area contributed by atoms with E-state index in [1.165, 1.54) is 20.0 Å². The summed E-state index contributed by atoms with van der Waals surface area (Å²) in [6.45, 7) is 0. The fourth-order valence-corrected chi connectivity index (χ4v) is 3.63. The van der Waals surface area contributed by atoms with E-state index in [2.05, 4.69) is 10.6 Å². The van der Waals surface area contributed by atoms with Crippen LogP contribution in [0.2, 0.25) is 10.0 Å². The fraction of sp³-hybridized carbons (Fsp3) is 0.533. The minimum absolute atomic E-state index is 0.156. The first-order chi connectivity index (χ1) is 10.1. The third-order valence-corrected chi connectivity index (χ3v) is 5.02. The Morgan fingerprint density at radius 3 is 2.48 bits per heavy atom. The van der Waals surface area contributed by atoms with Crippen LogP contribution in [-0.4, -0.2) is 31.1 Å². The molecule has 0 saturated carbocycles. The first-order valence-electron chi connectivity index (χ1n) is 7.16. The Hall–Kier alpha value is -0.970. The van der Waals surface area contributed by atoms with Gasteiger partial charge in [-0.2, -0.15) is 0 Å². The zero-order valence-corrected chi connectivity index (χ0v) is 13.3. The molecule has 1 amide bonds. The molecule has 2 N–H and O–H groups in total. The number of rotatable bonds is 3. The Balaban J connectivity index is 1.74. The quantitative estimate of drug-likeness (QED) is 0.896. The SMILES string of the molecule is COc1cc(Cl)c(Cl)cc1C(=O)NC1CC2CCC(C1)N2. The van der Waals surface area contributed by atoms with Gasteiger partial charge in [-0.25, -0.2) is 0 Å². The molecule has 0 spiro atoms. The molecule has 2 unspecified atom stereocenters. The molecule has 2 heterocycles. The lowest BCUT2D eigenvalue weighted by molar-refractivity contribution is 0.0921. The largest absolute Gasteiger partial charge is 0.496 e. The van der Waals surface area contributed by atoms with Gasteiger partial charge < -0.3 is 15.4 Å². The van der Waals surface area contributed by atoms with Gasteiger partial charge in [0.2, 0.25) is 0 Å². The number of hydrogen-bond acceptors (Lipinski definition) is 3. The number of nitrogens with one attached hydrogen (secondary N) is 2. The Kier molecular flexibility index (Phi) is 4.29. The average Bonchev–Trinajstić information content (AvgIpc) is 2.80. The van der Waals surface area contributed by atoms with E-state index in [9.17, 15) is 4.79 Å². The molecule has 2 bridgehead atoms. The van der Waals surface area contributed by atoms with Crippen LogP contribution in [0.3, 0.4) is 0 Å². The number of halogens is 2. The minimum Gasteiger partial charge on any atom is -0.496 e.